The van der Waals surface area contributed by atoms with Gasteiger partial charge in [-0.25, -0.2) is 9.97 Å². The Morgan fingerprint density at radius 3 is 2.68 bits per heavy atom. The molecule has 0 unspecified atom stereocenters. The standard InChI is InChI=1S/C18H21N5O2/c1-2-7-19-17(24)14-12-20-18(21-13-14)22-15-5-3-4-6-16(15)23-8-10-25-11-9-23/h2-6,12-13H,1,7-11H2,(H,19,24)(H,20,21,22). The number of carbonyl (C=O) groups excluding carboxylic acids is 1. The van der Waals surface area contributed by atoms with Gasteiger partial charge in [0, 0.05) is 32.0 Å². The molecular formula is C18H21N5O2. The lowest BCUT2D eigenvalue weighted by molar-refractivity contribution is 0.0957. The fraction of sp³-hybridized carbons (Fsp3) is 0.278. The molecule has 7 heteroatoms. The van der Waals surface area contributed by atoms with E-state index in [-0.39, 0.29) is 5.91 Å². The van der Waals surface area contributed by atoms with Crippen molar-refractivity contribution in [2.24, 2.45) is 0 Å². The first-order valence-corrected chi connectivity index (χ1v) is 8.18. The molecule has 7 nitrogen and oxygen atoms in total. The van der Waals surface area contributed by atoms with Crippen LogP contribution in [0, 0.1) is 0 Å². The summed E-state index contributed by atoms with van der Waals surface area (Å²) in [6.45, 7) is 7.12. The molecule has 2 aromatic rings. The lowest BCUT2D eigenvalue weighted by Gasteiger charge is -2.30. The van der Waals surface area contributed by atoms with E-state index in [1.54, 1.807) is 6.08 Å². The molecule has 1 aromatic heterocycles. The maximum Gasteiger partial charge on any atom is 0.254 e. The maximum atomic E-state index is 11.9. The number of hydrogen-bond acceptors (Lipinski definition) is 6. The Hall–Kier alpha value is -2.93. The van der Waals surface area contributed by atoms with Crippen LogP contribution in [0.1, 0.15) is 10.4 Å². The Kier molecular flexibility index (Phi) is 5.58. The molecule has 1 saturated heterocycles. The SMILES string of the molecule is C=CCNC(=O)c1cnc(Nc2ccccc2N2CCOCC2)nc1. The highest BCUT2D eigenvalue weighted by molar-refractivity contribution is 5.93. The molecule has 1 amide bonds. The van der Waals surface area contributed by atoms with Crippen molar-refractivity contribution in [1.82, 2.24) is 15.3 Å². The fourth-order valence-electron chi connectivity index (χ4n) is 2.56. The summed E-state index contributed by atoms with van der Waals surface area (Å²) in [7, 11) is 0. The first-order chi connectivity index (χ1) is 12.3. The number of ether oxygens (including phenoxy) is 1. The van der Waals surface area contributed by atoms with Gasteiger partial charge in [-0.1, -0.05) is 18.2 Å². The lowest BCUT2D eigenvalue weighted by atomic mass is 10.2. The molecule has 1 aromatic carbocycles. The number of hydrogen-bond donors (Lipinski definition) is 2. The van der Waals surface area contributed by atoms with Crippen LogP contribution in [0.4, 0.5) is 17.3 Å². The van der Waals surface area contributed by atoms with E-state index in [9.17, 15) is 4.79 Å². The van der Waals surface area contributed by atoms with Crippen molar-refractivity contribution in [3.63, 3.8) is 0 Å². The fourth-order valence-corrected chi connectivity index (χ4v) is 2.56. The third-order valence-corrected chi connectivity index (χ3v) is 3.82. The molecule has 1 aliphatic heterocycles. The summed E-state index contributed by atoms with van der Waals surface area (Å²) in [5.41, 5.74) is 2.42. The van der Waals surface area contributed by atoms with E-state index >= 15 is 0 Å². The zero-order valence-corrected chi connectivity index (χ0v) is 13.9. The van der Waals surface area contributed by atoms with Crippen LogP contribution < -0.4 is 15.5 Å². The molecule has 0 atom stereocenters. The average Bonchev–Trinajstić information content (AvgIpc) is 2.68. The molecular weight excluding hydrogens is 318 g/mol. The smallest absolute Gasteiger partial charge is 0.254 e. The topological polar surface area (TPSA) is 79.4 Å². The number of anilines is 3. The van der Waals surface area contributed by atoms with E-state index in [1.165, 1.54) is 12.4 Å². The van der Waals surface area contributed by atoms with E-state index in [0.717, 1.165) is 37.7 Å². The molecule has 2 heterocycles. The summed E-state index contributed by atoms with van der Waals surface area (Å²) in [4.78, 5) is 22.6. The molecule has 25 heavy (non-hydrogen) atoms. The van der Waals surface area contributed by atoms with Crippen LogP contribution in [0.3, 0.4) is 0 Å². The van der Waals surface area contributed by atoms with Gasteiger partial charge in [-0.3, -0.25) is 4.79 Å². The van der Waals surface area contributed by atoms with Crippen molar-refractivity contribution < 1.29 is 9.53 Å². The number of para-hydroxylation sites is 2. The third kappa shape index (κ3) is 4.33. The summed E-state index contributed by atoms with van der Waals surface area (Å²) in [5.74, 6) is 0.223. The van der Waals surface area contributed by atoms with Gasteiger partial charge in [-0.2, -0.15) is 0 Å². The Morgan fingerprint density at radius 2 is 1.96 bits per heavy atom. The van der Waals surface area contributed by atoms with Gasteiger partial charge in [0.1, 0.15) is 0 Å². The highest BCUT2D eigenvalue weighted by atomic mass is 16.5. The summed E-state index contributed by atoms with van der Waals surface area (Å²) in [5, 5.41) is 5.92. The van der Waals surface area contributed by atoms with Crippen molar-refractivity contribution in [3.8, 4) is 0 Å². The minimum atomic E-state index is -0.222. The number of nitrogens with one attached hydrogen (secondary N) is 2. The summed E-state index contributed by atoms with van der Waals surface area (Å²) in [6, 6.07) is 8.01. The van der Waals surface area contributed by atoms with Gasteiger partial charge in [0.2, 0.25) is 5.95 Å². The van der Waals surface area contributed by atoms with Crippen LogP contribution in [-0.2, 0) is 4.74 Å². The Morgan fingerprint density at radius 1 is 1.24 bits per heavy atom. The summed E-state index contributed by atoms with van der Waals surface area (Å²) in [6.07, 6.45) is 4.63. The van der Waals surface area contributed by atoms with Gasteiger partial charge in [0.15, 0.2) is 0 Å². The minimum absolute atomic E-state index is 0.222. The lowest BCUT2D eigenvalue weighted by Crippen LogP contribution is -2.36. The molecule has 0 aliphatic carbocycles. The summed E-state index contributed by atoms with van der Waals surface area (Å²) < 4.78 is 5.41. The largest absolute Gasteiger partial charge is 0.378 e. The number of benzene rings is 1. The van der Waals surface area contributed by atoms with Gasteiger partial charge in [-0.05, 0) is 12.1 Å². The number of morpholine rings is 1. The highest BCUT2D eigenvalue weighted by Crippen LogP contribution is 2.28. The molecule has 0 spiro atoms. The molecule has 130 valence electrons. The zero-order valence-electron chi connectivity index (χ0n) is 13.9. The Labute approximate surface area is 146 Å². The first kappa shape index (κ1) is 16.9. The number of carbonyl (C=O) groups is 1. The first-order valence-electron chi connectivity index (χ1n) is 8.18. The number of rotatable bonds is 6. The normalized spacial score (nSPS) is 14.0. The van der Waals surface area contributed by atoms with E-state index in [4.69, 9.17) is 4.74 Å². The molecule has 1 fully saturated rings. The van der Waals surface area contributed by atoms with E-state index in [0.29, 0.717) is 18.1 Å². The predicted octanol–water partition coefficient (Wildman–Crippen LogP) is 1.97. The number of amides is 1. The van der Waals surface area contributed by atoms with E-state index in [1.807, 2.05) is 18.2 Å². The van der Waals surface area contributed by atoms with E-state index in [2.05, 4.69) is 38.1 Å². The van der Waals surface area contributed by atoms with E-state index < -0.39 is 0 Å². The third-order valence-electron chi connectivity index (χ3n) is 3.82. The molecule has 0 radical (unpaired) electrons. The van der Waals surface area contributed by atoms with Crippen LogP contribution >= 0.6 is 0 Å². The second-order valence-electron chi connectivity index (χ2n) is 5.54. The average molecular weight is 339 g/mol. The van der Waals surface area contributed by atoms with Crippen LogP contribution in [0.5, 0.6) is 0 Å². The quantitative estimate of drug-likeness (QED) is 0.784. The number of aromatic nitrogens is 2. The molecule has 3 rings (SSSR count). The van der Waals surface area contributed by atoms with Gasteiger partial charge in [-0.15, -0.1) is 6.58 Å². The van der Waals surface area contributed by atoms with Gasteiger partial charge >= 0.3 is 0 Å². The van der Waals surface area contributed by atoms with Crippen molar-refractivity contribution >= 4 is 23.2 Å². The second-order valence-corrected chi connectivity index (χ2v) is 5.54. The Bertz CT molecular complexity index is 727. The highest BCUT2D eigenvalue weighted by Gasteiger charge is 2.15. The van der Waals surface area contributed by atoms with Gasteiger partial charge in [0.05, 0.1) is 30.2 Å². The van der Waals surface area contributed by atoms with Crippen molar-refractivity contribution in [1.29, 1.82) is 0 Å². The van der Waals surface area contributed by atoms with Crippen molar-refractivity contribution in [2.75, 3.05) is 43.1 Å². The van der Waals surface area contributed by atoms with Crippen LogP contribution in [-0.4, -0.2) is 48.7 Å². The molecule has 2 N–H and O–H groups in total. The van der Waals surface area contributed by atoms with Crippen LogP contribution in [0.2, 0.25) is 0 Å². The second kappa shape index (κ2) is 8.25. The van der Waals surface area contributed by atoms with Crippen LogP contribution in [0.15, 0.2) is 49.3 Å². The van der Waals surface area contributed by atoms with Crippen molar-refractivity contribution in [2.45, 2.75) is 0 Å². The maximum absolute atomic E-state index is 11.9. The monoisotopic (exact) mass is 339 g/mol. The van der Waals surface area contributed by atoms with Gasteiger partial charge in [0.25, 0.3) is 5.91 Å². The zero-order chi connectivity index (χ0) is 17.5. The Balaban J connectivity index is 1.72. The number of nitrogens with zero attached hydrogens (tertiary/aromatic N) is 3. The van der Waals surface area contributed by atoms with Crippen LogP contribution in [0.25, 0.3) is 0 Å². The summed E-state index contributed by atoms with van der Waals surface area (Å²) >= 11 is 0. The van der Waals surface area contributed by atoms with Crippen molar-refractivity contribution in [3.05, 3.63) is 54.9 Å². The molecule has 0 saturated carbocycles. The predicted molar refractivity (Wildman–Crippen MR) is 97.3 cm³/mol. The minimum Gasteiger partial charge on any atom is -0.378 e. The van der Waals surface area contributed by atoms with Gasteiger partial charge < -0.3 is 20.3 Å². The molecule has 0 bridgehead atoms. The molecule has 1 aliphatic rings.